The molecule has 164 valence electrons. The molecule has 1 aliphatic rings. The fourth-order valence-corrected chi connectivity index (χ4v) is 3.59. The van der Waals surface area contributed by atoms with Crippen LogP contribution in [-0.2, 0) is 4.79 Å². The lowest BCUT2D eigenvalue weighted by Crippen LogP contribution is -2.39. The van der Waals surface area contributed by atoms with Crippen molar-refractivity contribution in [2.45, 2.75) is 12.5 Å². The molecule has 1 unspecified atom stereocenters. The molecule has 0 N–H and O–H groups in total. The lowest BCUT2D eigenvalue weighted by molar-refractivity contribution is -0.133. The molecule has 0 aliphatic carbocycles. The maximum absolute atomic E-state index is 13.5. The SMILES string of the molecule is COc1ccc(C2=NN(C(=O)CN(C)C(=O)c3cccc(F)c3)C(c3ccco3)C2)cc1. The average molecular weight is 435 g/mol. The van der Waals surface area contributed by atoms with E-state index < -0.39 is 17.8 Å². The zero-order chi connectivity index (χ0) is 22.7. The van der Waals surface area contributed by atoms with Gasteiger partial charge in [0.05, 0.1) is 19.1 Å². The molecule has 1 atom stereocenters. The number of nitrogens with zero attached hydrogens (tertiary/aromatic N) is 3. The van der Waals surface area contributed by atoms with Gasteiger partial charge in [0.1, 0.15) is 29.9 Å². The normalized spacial score (nSPS) is 15.4. The minimum atomic E-state index is -0.512. The number of hydrogen-bond acceptors (Lipinski definition) is 5. The van der Waals surface area contributed by atoms with Crippen molar-refractivity contribution in [1.82, 2.24) is 9.91 Å². The summed E-state index contributed by atoms with van der Waals surface area (Å²) in [6.07, 6.45) is 2.01. The number of hydrogen-bond donors (Lipinski definition) is 0. The van der Waals surface area contributed by atoms with E-state index in [1.807, 2.05) is 24.3 Å². The summed E-state index contributed by atoms with van der Waals surface area (Å²) in [5.41, 5.74) is 1.76. The van der Waals surface area contributed by atoms with Gasteiger partial charge in [0.15, 0.2) is 0 Å². The maximum atomic E-state index is 13.5. The van der Waals surface area contributed by atoms with Crippen molar-refractivity contribution >= 4 is 17.5 Å². The molecule has 2 heterocycles. The van der Waals surface area contributed by atoms with Gasteiger partial charge in [0.25, 0.3) is 11.8 Å². The van der Waals surface area contributed by atoms with Gasteiger partial charge in [-0.1, -0.05) is 6.07 Å². The number of ether oxygens (including phenoxy) is 1. The molecule has 2 amide bonds. The van der Waals surface area contributed by atoms with Crippen molar-refractivity contribution < 1.29 is 23.1 Å². The van der Waals surface area contributed by atoms with Crippen molar-refractivity contribution in [3.05, 3.63) is 89.6 Å². The summed E-state index contributed by atoms with van der Waals surface area (Å²) in [6, 6.07) is 15.9. The average Bonchev–Trinajstić information content (AvgIpc) is 3.48. The van der Waals surface area contributed by atoms with E-state index in [0.717, 1.165) is 23.1 Å². The van der Waals surface area contributed by atoms with E-state index in [-0.39, 0.29) is 18.0 Å². The van der Waals surface area contributed by atoms with E-state index in [9.17, 15) is 14.0 Å². The van der Waals surface area contributed by atoms with Crippen LogP contribution in [0.5, 0.6) is 5.75 Å². The van der Waals surface area contributed by atoms with Crippen LogP contribution in [0.4, 0.5) is 4.39 Å². The van der Waals surface area contributed by atoms with Gasteiger partial charge in [0.2, 0.25) is 0 Å². The third kappa shape index (κ3) is 4.39. The summed E-state index contributed by atoms with van der Waals surface area (Å²) in [5, 5.41) is 5.91. The highest BCUT2D eigenvalue weighted by Gasteiger charge is 2.35. The Labute approximate surface area is 184 Å². The van der Waals surface area contributed by atoms with Crippen LogP contribution in [0.15, 0.2) is 76.4 Å². The number of benzene rings is 2. The molecule has 1 aliphatic heterocycles. The van der Waals surface area contributed by atoms with Crippen molar-refractivity contribution in [2.75, 3.05) is 20.7 Å². The van der Waals surface area contributed by atoms with Crippen LogP contribution in [0.2, 0.25) is 0 Å². The molecule has 32 heavy (non-hydrogen) atoms. The Morgan fingerprint density at radius 1 is 1.19 bits per heavy atom. The van der Waals surface area contributed by atoms with Crippen molar-refractivity contribution in [1.29, 1.82) is 0 Å². The summed E-state index contributed by atoms with van der Waals surface area (Å²) >= 11 is 0. The molecule has 0 bridgehead atoms. The number of methoxy groups -OCH3 is 1. The number of carbonyl (C=O) groups is 2. The van der Waals surface area contributed by atoms with Gasteiger partial charge in [0, 0.05) is 19.0 Å². The first-order valence-corrected chi connectivity index (χ1v) is 10.0. The zero-order valence-electron chi connectivity index (χ0n) is 17.7. The second-order valence-corrected chi connectivity index (χ2v) is 7.42. The number of rotatable bonds is 6. The standard InChI is InChI=1S/C24H22FN3O4/c1-27(24(30)17-5-3-6-18(25)13-17)15-23(29)28-21(22-7-4-12-32-22)14-20(26-28)16-8-10-19(31-2)11-9-16/h3-13,21H,14-15H2,1-2H3. The van der Waals surface area contributed by atoms with Gasteiger partial charge >= 0.3 is 0 Å². The molecule has 0 spiro atoms. The molecule has 4 rings (SSSR count). The predicted octanol–water partition coefficient (Wildman–Crippen LogP) is 3.88. The first-order valence-electron chi connectivity index (χ1n) is 10.0. The third-order valence-electron chi connectivity index (χ3n) is 5.25. The number of likely N-dealkylation sites (N-methyl/N-ethyl adjacent to an activating group) is 1. The zero-order valence-corrected chi connectivity index (χ0v) is 17.7. The highest BCUT2D eigenvalue weighted by Crippen LogP contribution is 2.33. The summed E-state index contributed by atoms with van der Waals surface area (Å²) in [5.74, 6) is -0.0140. The van der Waals surface area contributed by atoms with Crippen LogP contribution in [0.25, 0.3) is 0 Å². The van der Waals surface area contributed by atoms with Crippen LogP contribution in [0.1, 0.15) is 34.1 Å². The van der Waals surface area contributed by atoms with E-state index in [1.54, 1.807) is 25.5 Å². The molecule has 1 aromatic heterocycles. The summed E-state index contributed by atoms with van der Waals surface area (Å²) < 4.78 is 24.2. The highest BCUT2D eigenvalue weighted by atomic mass is 19.1. The van der Waals surface area contributed by atoms with Crippen molar-refractivity contribution in [3.63, 3.8) is 0 Å². The Morgan fingerprint density at radius 2 is 1.97 bits per heavy atom. The lowest BCUT2D eigenvalue weighted by atomic mass is 10.0. The molecule has 0 saturated heterocycles. The maximum Gasteiger partial charge on any atom is 0.262 e. The monoisotopic (exact) mass is 435 g/mol. The van der Waals surface area contributed by atoms with E-state index in [2.05, 4.69) is 5.10 Å². The quantitative estimate of drug-likeness (QED) is 0.589. The van der Waals surface area contributed by atoms with Gasteiger partial charge in [-0.3, -0.25) is 9.59 Å². The Morgan fingerprint density at radius 3 is 2.62 bits per heavy atom. The fraction of sp³-hybridized carbons (Fsp3) is 0.208. The highest BCUT2D eigenvalue weighted by molar-refractivity contribution is 6.03. The molecule has 7 nitrogen and oxygen atoms in total. The van der Waals surface area contributed by atoms with Crippen LogP contribution >= 0.6 is 0 Å². The number of halogens is 1. The molecule has 0 fully saturated rings. The number of hydrazone groups is 1. The molecular weight excluding hydrogens is 413 g/mol. The second-order valence-electron chi connectivity index (χ2n) is 7.42. The van der Waals surface area contributed by atoms with E-state index in [4.69, 9.17) is 9.15 Å². The van der Waals surface area contributed by atoms with Crippen LogP contribution in [-0.4, -0.2) is 48.1 Å². The number of furan rings is 1. The second kappa shape index (κ2) is 9.05. The Balaban J connectivity index is 1.55. The molecule has 2 aromatic carbocycles. The Hall–Kier alpha value is -3.94. The lowest BCUT2D eigenvalue weighted by Gasteiger charge is -2.23. The Kier molecular flexibility index (Phi) is 6.02. The Bertz CT molecular complexity index is 1140. The summed E-state index contributed by atoms with van der Waals surface area (Å²) in [6.45, 7) is -0.216. The van der Waals surface area contributed by atoms with Crippen molar-refractivity contribution in [3.8, 4) is 5.75 Å². The summed E-state index contributed by atoms with van der Waals surface area (Å²) in [7, 11) is 3.09. The fourth-order valence-electron chi connectivity index (χ4n) is 3.59. The van der Waals surface area contributed by atoms with Gasteiger partial charge < -0.3 is 14.1 Å². The molecule has 8 heteroatoms. The van der Waals surface area contributed by atoms with E-state index in [0.29, 0.717) is 12.2 Å². The van der Waals surface area contributed by atoms with Gasteiger partial charge in [-0.2, -0.15) is 5.10 Å². The van der Waals surface area contributed by atoms with Gasteiger partial charge in [-0.05, 0) is 60.2 Å². The molecular formula is C24H22FN3O4. The van der Waals surface area contributed by atoms with Crippen molar-refractivity contribution in [2.24, 2.45) is 5.10 Å². The van der Waals surface area contributed by atoms with Crippen LogP contribution in [0.3, 0.4) is 0 Å². The predicted molar refractivity (Wildman–Crippen MR) is 116 cm³/mol. The van der Waals surface area contributed by atoms with E-state index >= 15 is 0 Å². The molecule has 0 saturated carbocycles. The molecule has 0 radical (unpaired) electrons. The smallest absolute Gasteiger partial charge is 0.262 e. The third-order valence-corrected chi connectivity index (χ3v) is 5.25. The number of amides is 2. The summed E-state index contributed by atoms with van der Waals surface area (Å²) in [4.78, 5) is 27.0. The first kappa shape index (κ1) is 21.3. The minimum absolute atomic E-state index is 0.173. The topological polar surface area (TPSA) is 75.3 Å². The van der Waals surface area contributed by atoms with Crippen LogP contribution < -0.4 is 4.74 Å². The van der Waals surface area contributed by atoms with E-state index in [1.165, 1.54) is 35.2 Å². The largest absolute Gasteiger partial charge is 0.497 e. The minimum Gasteiger partial charge on any atom is -0.497 e. The van der Waals surface area contributed by atoms with Crippen LogP contribution in [0, 0.1) is 5.82 Å². The van der Waals surface area contributed by atoms with Gasteiger partial charge in [-0.15, -0.1) is 0 Å². The van der Waals surface area contributed by atoms with Gasteiger partial charge in [-0.25, -0.2) is 9.40 Å². The first-order chi connectivity index (χ1) is 15.5. The molecule has 3 aromatic rings. The number of carbonyl (C=O) groups excluding carboxylic acids is 2.